The zero-order valence-electron chi connectivity index (χ0n) is 17.0. The van der Waals surface area contributed by atoms with Gasteiger partial charge in [-0.25, -0.2) is 5.10 Å². The van der Waals surface area contributed by atoms with Crippen LogP contribution in [0.1, 0.15) is 12.1 Å². The van der Waals surface area contributed by atoms with Gasteiger partial charge in [-0.15, -0.1) is 0 Å². The number of anilines is 1. The Morgan fingerprint density at radius 3 is 2.43 bits per heavy atom. The highest BCUT2D eigenvalue weighted by Crippen LogP contribution is 2.15. The van der Waals surface area contributed by atoms with Crippen molar-refractivity contribution in [2.45, 2.75) is 12.8 Å². The smallest absolute Gasteiger partial charge is 0.272 e. The number of rotatable bonds is 7. The molecule has 7 heteroatoms. The van der Waals surface area contributed by atoms with E-state index in [1.54, 1.807) is 12.1 Å². The summed E-state index contributed by atoms with van der Waals surface area (Å²) in [5.74, 6) is -0.0754. The first-order chi connectivity index (χ1) is 14.7. The van der Waals surface area contributed by atoms with Gasteiger partial charge in [0.2, 0.25) is 5.91 Å². The maximum absolute atomic E-state index is 12.3. The summed E-state index contributed by atoms with van der Waals surface area (Å²) in [5.41, 5.74) is 1.65. The summed E-state index contributed by atoms with van der Waals surface area (Å²) in [6.45, 7) is 5.75. The molecule has 0 unspecified atom stereocenters. The van der Waals surface area contributed by atoms with Gasteiger partial charge < -0.3 is 10.2 Å². The molecule has 1 aliphatic heterocycles. The van der Waals surface area contributed by atoms with E-state index in [2.05, 4.69) is 49.6 Å². The fourth-order valence-corrected chi connectivity index (χ4v) is 3.92. The van der Waals surface area contributed by atoms with E-state index in [1.807, 2.05) is 18.2 Å². The summed E-state index contributed by atoms with van der Waals surface area (Å²) in [6, 6.07) is 17.8. The second-order valence-electron chi connectivity index (χ2n) is 7.59. The van der Waals surface area contributed by atoms with Crippen LogP contribution in [0.15, 0.2) is 59.4 Å². The Bertz CT molecular complexity index is 1040. The highest BCUT2D eigenvalue weighted by Gasteiger charge is 2.16. The molecule has 0 saturated carbocycles. The molecule has 4 rings (SSSR count). The Balaban J connectivity index is 1.19. The third-order valence-electron chi connectivity index (χ3n) is 5.57. The third-order valence-corrected chi connectivity index (χ3v) is 5.57. The summed E-state index contributed by atoms with van der Waals surface area (Å²) >= 11 is 0. The molecule has 2 heterocycles. The van der Waals surface area contributed by atoms with E-state index in [0.29, 0.717) is 17.6 Å². The molecule has 2 N–H and O–H groups in total. The molecule has 1 amide bonds. The Hall–Kier alpha value is -3.19. The Kier molecular flexibility index (Phi) is 6.39. The zero-order valence-corrected chi connectivity index (χ0v) is 17.0. The van der Waals surface area contributed by atoms with Crippen molar-refractivity contribution in [3.63, 3.8) is 0 Å². The largest absolute Gasteiger partial charge is 0.369 e. The molecular formula is C23H27N5O2. The number of para-hydroxylation sites is 1. The van der Waals surface area contributed by atoms with Crippen LogP contribution in [0.5, 0.6) is 0 Å². The van der Waals surface area contributed by atoms with E-state index in [0.717, 1.165) is 44.5 Å². The van der Waals surface area contributed by atoms with Gasteiger partial charge in [-0.2, -0.15) is 5.10 Å². The summed E-state index contributed by atoms with van der Waals surface area (Å²) in [4.78, 5) is 29.0. The number of nitrogens with zero attached hydrogens (tertiary/aromatic N) is 3. The number of carbonyl (C=O) groups excluding carboxylic acids is 1. The average molecular weight is 406 g/mol. The number of nitrogens with one attached hydrogen (secondary N) is 2. The Labute approximate surface area is 175 Å². The summed E-state index contributed by atoms with van der Waals surface area (Å²) in [7, 11) is 0. The van der Waals surface area contributed by atoms with Crippen LogP contribution in [0.25, 0.3) is 10.8 Å². The number of hydrogen-bond donors (Lipinski definition) is 2. The predicted octanol–water partition coefficient (Wildman–Crippen LogP) is 1.79. The lowest BCUT2D eigenvalue weighted by Crippen LogP contribution is -2.47. The van der Waals surface area contributed by atoms with Gasteiger partial charge in [0.15, 0.2) is 0 Å². The molecule has 156 valence electrons. The molecule has 0 atom stereocenters. The van der Waals surface area contributed by atoms with Gasteiger partial charge in [-0.3, -0.25) is 14.5 Å². The van der Waals surface area contributed by atoms with Crippen molar-refractivity contribution in [1.82, 2.24) is 20.4 Å². The van der Waals surface area contributed by atoms with Crippen LogP contribution in [0.3, 0.4) is 0 Å². The van der Waals surface area contributed by atoms with Crippen LogP contribution in [0.2, 0.25) is 0 Å². The number of amides is 1. The van der Waals surface area contributed by atoms with Gasteiger partial charge in [0.05, 0.1) is 17.5 Å². The molecule has 1 aliphatic rings. The SMILES string of the molecule is O=C(Cc1n[nH]c(=O)c2ccccc12)NCCCN1CCN(c2ccccc2)CC1. The predicted molar refractivity (Wildman–Crippen MR) is 119 cm³/mol. The van der Waals surface area contributed by atoms with E-state index < -0.39 is 0 Å². The van der Waals surface area contributed by atoms with Crippen LogP contribution in [-0.2, 0) is 11.2 Å². The molecule has 0 bridgehead atoms. The third kappa shape index (κ3) is 4.86. The number of aromatic amines is 1. The van der Waals surface area contributed by atoms with Crippen LogP contribution in [-0.4, -0.2) is 60.3 Å². The first-order valence-corrected chi connectivity index (χ1v) is 10.5. The van der Waals surface area contributed by atoms with Gasteiger partial charge in [0.25, 0.3) is 5.56 Å². The van der Waals surface area contributed by atoms with E-state index in [1.165, 1.54) is 5.69 Å². The number of benzene rings is 2. The van der Waals surface area contributed by atoms with Crippen LogP contribution >= 0.6 is 0 Å². The fraction of sp³-hybridized carbons (Fsp3) is 0.348. The Morgan fingerprint density at radius 2 is 1.67 bits per heavy atom. The van der Waals surface area contributed by atoms with Crippen molar-refractivity contribution in [3.05, 3.63) is 70.6 Å². The molecule has 0 spiro atoms. The van der Waals surface area contributed by atoms with Crippen LogP contribution in [0.4, 0.5) is 5.69 Å². The highest BCUT2D eigenvalue weighted by molar-refractivity contribution is 5.88. The number of hydrogen-bond acceptors (Lipinski definition) is 5. The summed E-state index contributed by atoms with van der Waals surface area (Å²) in [5, 5.41) is 10.8. The van der Waals surface area contributed by atoms with Gasteiger partial charge in [0, 0.05) is 43.8 Å². The van der Waals surface area contributed by atoms with Crippen LogP contribution < -0.4 is 15.8 Å². The molecule has 0 aliphatic carbocycles. The lowest BCUT2D eigenvalue weighted by Gasteiger charge is -2.36. The van der Waals surface area contributed by atoms with Crippen molar-refractivity contribution in [1.29, 1.82) is 0 Å². The van der Waals surface area contributed by atoms with Gasteiger partial charge in [-0.1, -0.05) is 36.4 Å². The number of aromatic nitrogens is 2. The number of piperazine rings is 1. The molecule has 2 aromatic carbocycles. The van der Waals surface area contributed by atoms with Gasteiger partial charge >= 0.3 is 0 Å². The van der Waals surface area contributed by atoms with Crippen molar-refractivity contribution in [2.75, 3.05) is 44.2 Å². The minimum Gasteiger partial charge on any atom is -0.369 e. The van der Waals surface area contributed by atoms with E-state index in [-0.39, 0.29) is 17.9 Å². The maximum Gasteiger partial charge on any atom is 0.272 e. The number of carbonyl (C=O) groups is 1. The normalized spacial score (nSPS) is 14.7. The lowest BCUT2D eigenvalue weighted by atomic mass is 10.1. The summed E-state index contributed by atoms with van der Waals surface area (Å²) < 4.78 is 0. The quantitative estimate of drug-likeness (QED) is 0.586. The molecule has 30 heavy (non-hydrogen) atoms. The monoisotopic (exact) mass is 405 g/mol. The van der Waals surface area contributed by atoms with Crippen LogP contribution in [0, 0.1) is 0 Å². The standard InChI is InChI=1S/C23H27N5O2/c29-22(17-21-19-9-4-5-10-20(19)23(30)26-25-21)24-11-6-12-27-13-15-28(16-14-27)18-7-2-1-3-8-18/h1-5,7-10H,6,11-17H2,(H,24,29)(H,26,30). The molecule has 7 nitrogen and oxygen atoms in total. The molecule has 0 radical (unpaired) electrons. The minimum atomic E-state index is -0.234. The first kappa shape index (κ1) is 20.1. The second kappa shape index (κ2) is 9.54. The van der Waals surface area contributed by atoms with Gasteiger partial charge in [0.1, 0.15) is 0 Å². The van der Waals surface area contributed by atoms with E-state index >= 15 is 0 Å². The molecule has 1 fully saturated rings. The molecule has 1 aromatic heterocycles. The fourth-order valence-electron chi connectivity index (χ4n) is 3.92. The highest BCUT2D eigenvalue weighted by atomic mass is 16.1. The van der Waals surface area contributed by atoms with Gasteiger partial charge in [-0.05, 0) is 31.2 Å². The summed E-state index contributed by atoms with van der Waals surface area (Å²) in [6.07, 6.45) is 1.07. The molecule has 1 saturated heterocycles. The number of fused-ring (bicyclic) bond motifs is 1. The second-order valence-corrected chi connectivity index (χ2v) is 7.59. The zero-order chi connectivity index (χ0) is 20.8. The minimum absolute atomic E-state index is 0.0754. The van der Waals surface area contributed by atoms with Crippen molar-refractivity contribution in [2.24, 2.45) is 0 Å². The first-order valence-electron chi connectivity index (χ1n) is 10.5. The topological polar surface area (TPSA) is 81.3 Å². The van der Waals surface area contributed by atoms with E-state index in [9.17, 15) is 9.59 Å². The maximum atomic E-state index is 12.3. The average Bonchev–Trinajstić information content (AvgIpc) is 2.80. The molecule has 3 aromatic rings. The number of H-pyrrole nitrogens is 1. The lowest BCUT2D eigenvalue weighted by molar-refractivity contribution is -0.120. The Morgan fingerprint density at radius 1 is 0.967 bits per heavy atom. The van der Waals surface area contributed by atoms with Crippen molar-refractivity contribution >= 4 is 22.4 Å². The van der Waals surface area contributed by atoms with Crippen molar-refractivity contribution in [3.8, 4) is 0 Å². The van der Waals surface area contributed by atoms with Crippen molar-refractivity contribution < 1.29 is 4.79 Å². The molecular weight excluding hydrogens is 378 g/mol. The van der Waals surface area contributed by atoms with E-state index in [4.69, 9.17) is 0 Å².